The molecule has 1 amide bonds. The minimum absolute atomic E-state index is 0.0547. The van der Waals surface area contributed by atoms with Gasteiger partial charge in [0.2, 0.25) is 0 Å². The molecule has 0 radical (unpaired) electrons. The summed E-state index contributed by atoms with van der Waals surface area (Å²) >= 11 is 0. The lowest BCUT2D eigenvalue weighted by atomic mass is 9.94. The first-order valence-corrected chi connectivity index (χ1v) is 12.6. The van der Waals surface area contributed by atoms with Gasteiger partial charge in [0, 0.05) is 37.0 Å². The Morgan fingerprint density at radius 3 is 2.83 bits per heavy atom. The predicted octanol–water partition coefficient (Wildman–Crippen LogP) is 5.06. The van der Waals surface area contributed by atoms with Crippen LogP contribution in [0.1, 0.15) is 66.6 Å². The molecule has 0 unspecified atom stereocenters. The third-order valence-corrected chi connectivity index (χ3v) is 7.03. The maximum atomic E-state index is 13.1. The van der Waals surface area contributed by atoms with Crippen LogP contribution in [0.15, 0.2) is 65.5 Å². The number of guanidine groups is 1. The summed E-state index contributed by atoms with van der Waals surface area (Å²) in [5.41, 5.74) is 9.65. The van der Waals surface area contributed by atoms with Gasteiger partial charge in [0.1, 0.15) is 11.5 Å². The number of carbonyl (C=O) groups excluding carboxylic acids is 1. The fraction of sp³-hybridized carbons (Fsp3) is 0.393. The van der Waals surface area contributed by atoms with Crippen molar-refractivity contribution in [2.75, 3.05) is 7.05 Å². The largest absolute Gasteiger partial charge is 0.458 e. The molecule has 1 saturated carbocycles. The van der Waals surface area contributed by atoms with Crippen molar-refractivity contribution in [3.05, 3.63) is 77.3 Å². The quantitative estimate of drug-likeness (QED) is 0.637. The number of nitrogens with two attached hydrogens (primary N) is 1. The van der Waals surface area contributed by atoms with Crippen LogP contribution < -0.4 is 10.5 Å². The number of allylic oxidation sites excluding steroid dienone is 3. The number of ether oxygens (including phenoxy) is 1. The van der Waals surface area contributed by atoms with Crippen LogP contribution in [-0.2, 0) is 13.1 Å². The summed E-state index contributed by atoms with van der Waals surface area (Å²) in [6.45, 7) is 1.07. The number of pyridine rings is 1. The summed E-state index contributed by atoms with van der Waals surface area (Å²) in [5.74, 6) is 2.16. The zero-order valence-electron chi connectivity index (χ0n) is 20.3. The molecular weight excluding hydrogens is 438 g/mol. The molecule has 35 heavy (non-hydrogen) atoms. The molecule has 0 saturated heterocycles. The number of benzene rings is 1. The summed E-state index contributed by atoms with van der Waals surface area (Å²) in [6.07, 6.45) is 15.8. The Bertz CT molecular complexity index is 1180. The molecule has 182 valence electrons. The first-order chi connectivity index (χ1) is 17.1. The minimum Gasteiger partial charge on any atom is -0.458 e. The molecule has 2 N–H and O–H groups in total. The molecule has 1 fully saturated rings. The molecule has 7 nitrogen and oxygen atoms in total. The van der Waals surface area contributed by atoms with Crippen molar-refractivity contribution in [2.24, 2.45) is 10.7 Å². The number of rotatable bonds is 6. The lowest BCUT2D eigenvalue weighted by Gasteiger charge is -2.31. The second-order valence-electron chi connectivity index (χ2n) is 9.55. The van der Waals surface area contributed by atoms with Crippen LogP contribution in [0.2, 0.25) is 0 Å². The molecule has 0 spiro atoms. The maximum absolute atomic E-state index is 13.1. The van der Waals surface area contributed by atoms with E-state index in [1.807, 2.05) is 47.2 Å². The van der Waals surface area contributed by atoms with Crippen molar-refractivity contribution in [1.29, 1.82) is 0 Å². The van der Waals surface area contributed by atoms with E-state index in [-0.39, 0.29) is 5.91 Å². The summed E-state index contributed by atoms with van der Waals surface area (Å²) < 4.78 is 6.04. The monoisotopic (exact) mass is 471 g/mol. The Morgan fingerprint density at radius 1 is 1.17 bits per heavy atom. The molecule has 7 heteroatoms. The Hall–Kier alpha value is -3.61. The van der Waals surface area contributed by atoms with Crippen molar-refractivity contribution in [2.45, 2.75) is 64.1 Å². The molecular formula is C28H33N5O2. The second kappa shape index (κ2) is 10.3. The van der Waals surface area contributed by atoms with Crippen molar-refractivity contribution in [1.82, 2.24) is 14.8 Å². The topological polar surface area (TPSA) is 84.0 Å². The van der Waals surface area contributed by atoms with Gasteiger partial charge in [0.15, 0.2) is 5.96 Å². The molecule has 2 aliphatic carbocycles. The molecule has 2 aromatic rings. The van der Waals surface area contributed by atoms with E-state index in [4.69, 9.17) is 10.5 Å². The molecule has 2 heterocycles. The zero-order valence-corrected chi connectivity index (χ0v) is 20.3. The summed E-state index contributed by atoms with van der Waals surface area (Å²) in [4.78, 5) is 26.1. The fourth-order valence-corrected chi connectivity index (χ4v) is 5.01. The van der Waals surface area contributed by atoms with Crippen molar-refractivity contribution in [3.8, 4) is 5.75 Å². The van der Waals surface area contributed by atoms with E-state index in [1.165, 1.54) is 19.3 Å². The van der Waals surface area contributed by atoms with E-state index in [2.05, 4.69) is 22.1 Å². The average molecular weight is 472 g/mol. The Kier molecular flexibility index (Phi) is 6.84. The Balaban J connectivity index is 1.28. The van der Waals surface area contributed by atoms with Crippen LogP contribution in [0, 0.1) is 0 Å². The highest BCUT2D eigenvalue weighted by molar-refractivity contribution is 5.94. The van der Waals surface area contributed by atoms with E-state index >= 15 is 0 Å². The number of amides is 1. The van der Waals surface area contributed by atoms with Gasteiger partial charge < -0.3 is 20.3 Å². The Morgan fingerprint density at radius 2 is 2.03 bits per heavy atom. The number of aliphatic imine (C=N–C) groups is 1. The fourth-order valence-electron chi connectivity index (χ4n) is 5.01. The smallest absolute Gasteiger partial charge is 0.253 e. The predicted molar refractivity (Wildman–Crippen MR) is 137 cm³/mol. The number of hydrogen-bond donors (Lipinski definition) is 1. The highest BCUT2D eigenvalue weighted by Crippen LogP contribution is 2.31. The first kappa shape index (κ1) is 23.1. The summed E-state index contributed by atoms with van der Waals surface area (Å²) in [5, 5.41) is 0. The third kappa shape index (κ3) is 5.39. The number of nitrogens with zero attached hydrogens (tertiary/aromatic N) is 4. The number of hydrogen-bond acceptors (Lipinski definition) is 6. The summed E-state index contributed by atoms with van der Waals surface area (Å²) in [7, 11) is 1.92. The van der Waals surface area contributed by atoms with E-state index in [0.717, 1.165) is 54.1 Å². The van der Waals surface area contributed by atoms with Crippen LogP contribution in [-0.4, -0.2) is 39.7 Å². The normalized spacial score (nSPS) is 17.9. The van der Waals surface area contributed by atoms with Gasteiger partial charge in [0.25, 0.3) is 5.91 Å². The molecule has 3 aliphatic rings. The van der Waals surface area contributed by atoms with Crippen molar-refractivity contribution < 1.29 is 9.53 Å². The van der Waals surface area contributed by atoms with Gasteiger partial charge in [-0.15, -0.1) is 0 Å². The van der Waals surface area contributed by atoms with Gasteiger partial charge >= 0.3 is 0 Å². The Labute approximate surface area is 207 Å². The lowest BCUT2D eigenvalue weighted by Crippen LogP contribution is -2.39. The van der Waals surface area contributed by atoms with Crippen LogP contribution in [0.25, 0.3) is 0 Å². The zero-order chi connectivity index (χ0) is 24.2. The third-order valence-electron chi connectivity index (χ3n) is 7.03. The number of carbonyl (C=O) groups is 1. The van der Waals surface area contributed by atoms with Gasteiger partial charge in [-0.05, 0) is 68.2 Å². The summed E-state index contributed by atoms with van der Waals surface area (Å²) in [6, 6.07) is 9.89. The second-order valence-corrected chi connectivity index (χ2v) is 9.55. The average Bonchev–Trinajstić information content (AvgIpc) is 2.90. The highest BCUT2D eigenvalue weighted by atomic mass is 16.5. The van der Waals surface area contributed by atoms with E-state index in [9.17, 15) is 4.79 Å². The van der Waals surface area contributed by atoms with Gasteiger partial charge in [0.05, 0.1) is 17.9 Å². The number of aromatic nitrogens is 1. The van der Waals surface area contributed by atoms with Crippen LogP contribution in [0.3, 0.4) is 0 Å². The highest BCUT2D eigenvalue weighted by Gasteiger charge is 2.24. The van der Waals surface area contributed by atoms with Crippen LogP contribution in [0.5, 0.6) is 5.75 Å². The van der Waals surface area contributed by atoms with Gasteiger partial charge in [-0.3, -0.25) is 9.78 Å². The van der Waals surface area contributed by atoms with Crippen LogP contribution in [0.4, 0.5) is 5.69 Å². The van der Waals surface area contributed by atoms with E-state index in [1.54, 1.807) is 12.3 Å². The lowest BCUT2D eigenvalue weighted by molar-refractivity contribution is 0.0696. The molecule has 1 aromatic heterocycles. The van der Waals surface area contributed by atoms with Gasteiger partial charge in [-0.2, -0.15) is 0 Å². The molecule has 0 bridgehead atoms. The van der Waals surface area contributed by atoms with Gasteiger partial charge in [-0.25, -0.2) is 4.99 Å². The standard InChI is InChI=1S/C28H33N5O2/c1-32(23-8-4-2-5-9-23)27(34)20-14-15-30-22(16-20)19-33-18-21-17-25(12-13-26(21)31-28(33)29)35-24-10-6-3-7-11-24/h6,10-17,23H,2-5,7-9,18-19H2,1H3,(H2,29,31). The maximum Gasteiger partial charge on any atom is 0.253 e. The van der Waals surface area contributed by atoms with Gasteiger partial charge in [-0.1, -0.05) is 25.3 Å². The number of fused-ring (bicyclic) bond motifs is 1. The van der Waals surface area contributed by atoms with Crippen molar-refractivity contribution in [3.63, 3.8) is 0 Å². The SMILES string of the molecule is CN(C(=O)c1ccnc(CN2Cc3cc(OC4=CCCC=C4)ccc3N=C2N)c1)C1CCCCC1. The molecule has 1 aromatic carbocycles. The first-order valence-electron chi connectivity index (χ1n) is 12.6. The molecule has 0 atom stereocenters. The van der Waals surface area contributed by atoms with E-state index < -0.39 is 0 Å². The molecule has 1 aliphatic heterocycles. The van der Waals surface area contributed by atoms with Crippen molar-refractivity contribution >= 4 is 17.6 Å². The molecule has 5 rings (SSSR count). The minimum atomic E-state index is 0.0547. The van der Waals surface area contributed by atoms with Crippen LogP contribution >= 0.6 is 0 Å². The van der Waals surface area contributed by atoms with E-state index in [0.29, 0.717) is 30.7 Å².